The van der Waals surface area contributed by atoms with E-state index in [1.807, 2.05) is 31.2 Å². The van der Waals surface area contributed by atoms with E-state index in [1.165, 1.54) is 5.56 Å². The molecule has 0 amide bonds. The lowest BCUT2D eigenvalue weighted by molar-refractivity contribution is 0.00953. The number of piperidine rings is 1. The Morgan fingerprint density at radius 1 is 1.17 bits per heavy atom. The fraction of sp³-hybridized carbons (Fsp3) is 0.533. The highest BCUT2D eigenvalue weighted by molar-refractivity contribution is 5.98. The number of ether oxygens (including phenoxy) is 1. The van der Waals surface area contributed by atoms with E-state index in [2.05, 4.69) is 5.32 Å². The molecule has 3 rings (SSSR count). The van der Waals surface area contributed by atoms with Gasteiger partial charge in [-0.1, -0.05) is 29.8 Å². The maximum absolute atomic E-state index is 12.5. The second-order valence-electron chi connectivity index (χ2n) is 5.50. The summed E-state index contributed by atoms with van der Waals surface area (Å²) < 4.78 is 5.51. The van der Waals surface area contributed by atoms with Crippen molar-refractivity contribution >= 4 is 5.78 Å². The van der Waals surface area contributed by atoms with Gasteiger partial charge >= 0.3 is 0 Å². The lowest BCUT2D eigenvalue weighted by Gasteiger charge is -2.39. The number of ketones is 1. The molecule has 2 fully saturated rings. The van der Waals surface area contributed by atoms with Crippen LogP contribution in [0.15, 0.2) is 24.3 Å². The Kier molecular flexibility index (Phi) is 3.18. The molecule has 0 radical (unpaired) electrons. The highest BCUT2D eigenvalue weighted by atomic mass is 16.5. The number of hydrogen-bond donors (Lipinski definition) is 1. The average Bonchev–Trinajstić information content (AvgIpc) is 2.38. The molecule has 1 aromatic carbocycles. The largest absolute Gasteiger partial charge is 0.378 e. The van der Waals surface area contributed by atoms with Gasteiger partial charge in [0.25, 0.3) is 0 Å². The van der Waals surface area contributed by atoms with Crippen molar-refractivity contribution in [3.8, 4) is 0 Å². The summed E-state index contributed by atoms with van der Waals surface area (Å²) in [5.41, 5.74) is 2.05. The van der Waals surface area contributed by atoms with Crippen LogP contribution in [0.3, 0.4) is 0 Å². The number of benzene rings is 1. The topological polar surface area (TPSA) is 38.3 Å². The van der Waals surface area contributed by atoms with E-state index in [0.29, 0.717) is 17.9 Å². The van der Waals surface area contributed by atoms with Crippen LogP contribution in [0.5, 0.6) is 0 Å². The zero-order valence-electron chi connectivity index (χ0n) is 10.7. The standard InChI is InChI=1S/C15H19NO2/c1-10-2-4-11(5-3-10)15(17)12-6-13-8-18-9-14(7-12)16-13/h2-5,12-14,16H,6-9H2,1H3. The van der Waals surface area contributed by atoms with Crippen LogP contribution in [0.2, 0.25) is 0 Å². The van der Waals surface area contributed by atoms with Gasteiger partial charge in [-0.2, -0.15) is 0 Å². The van der Waals surface area contributed by atoms with Gasteiger partial charge in [0.1, 0.15) is 0 Å². The summed E-state index contributed by atoms with van der Waals surface area (Å²) >= 11 is 0. The number of Topliss-reactive ketones (excluding diaryl/α,β-unsaturated/α-hetero) is 1. The van der Waals surface area contributed by atoms with Gasteiger partial charge in [-0.25, -0.2) is 0 Å². The molecule has 3 nitrogen and oxygen atoms in total. The van der Waals surface area contributed by atoms with Gasteiger partial charge in [-0.15, -0.1) is 0 Å². The number of morpholine rings is 1. The van der Waals surface area contributed by atoms with E-state index in [0.717, 1.165) is 31.6 Å². The van der Waals surface area contributed by atoms with Crippen LogP contribution in [0.1, 0.15) is 28.8 Å². The van der Waals surface area contributed by atoms with Crippen molar-refractivity contribution in [2.45, 2.75) is 31.8 Å². The Labute approximate surface area is 108 Å². The summed E-state index contributed by atoms with van der Waals surface area (Å²) in [5, 5.41) is 3.52. The number of carbonyl (C=O) groups excluding carboxylic acids is 1. The Morgan fingerprint density at radius 3 is 2.39 bits per heavy atom. The molecule has 1 N–H and O–H groups in total. The van der Waals surface area contributed by atoms with E-state index in [-0.39, 0.29) is 5.92 Å². The molecule has 0 aromatic heterocycles. The van der Waals surface area contributed by atoms with Gasteiger partial charge in [0, 0.05) is 23.6 Å². The smallest absolute Gasteiger partial charge is 0.166 e. The predicted molar refractivity (Wildman–Crippen MR) is 69.8 cm³/mol. The normalized spacial score (nSPS) is 31.1. The maximum atomic E-state index is 12.5. The first-order chi connectivity index (χ1) is 8.72. The molecule has 2 aliphatic heterocycles. The predicted octanol–water partition coefficient (Wildman–Crippen LogP) is 1.94. The molecule has 2 aliphatic rings. The van der Waals surface area contributed by atoms with Crippen molar-refractivity contribution in [2.75, 3.05) is 13.2 Å². The molecule has 18 heavy (non-hydrogen) atoms. The molecule has 1 aromatic rings. The van der Waals surface area contributed by atoms with Gasteiger partial charge in [-0.3, -0.25) is 4.79 Å². The Hall–Kier alpha value is -1.19. The van der Waals surface area contributed by atoms with Crippen LogP contribution < -0.4 is 5.32 Å². The van der Waals surface area contributed by atoms with E-state index in [9.17, 15) is 4.79 Å². The van der Waals surface area contributed by atoms with Crippen molar-refractivity contribution in [1.82, 2.24) is 5.32 Å². The van der Waals surface area contributed by atoms with Crippen LogP contribution in [0.4, 0.5) is 0 Å². The average molecular weight is 245 g/mol. The lowest BCUT2D eigenvalue weighted by atomic mass is 9.82. The minimum atomic E-state index is 0.160. The van der Waals surface area contributed by atoms with Crippen LogP contribution in [-0.4, -0.2) is 31.1 Å². The quantitative estimate of drug-likeness (QED) is 0.809. The van der Waals surface area contributed by atoms with Gasteiger partial charge in [0.05, 0.1) is 13.2 Å². The van der Waals surface area contributed by atoms with Gasteiger partial charge < -0.3 is 10.1 Å². The highest BCUT2D eigenvalue weighted by Crippen LogP contribution is 2.27. The van der Waals surface area contributed by atoms with Crippen molar-refractivity contribution in [3.63, 3.8) is 0 Å². The first-order valence-corrected chi connectivity index (χ1v) is 6.67. The minimum Gasteiger partial charge on any atom is -0.378 e. The zero-order valence-corrected chi connectivity index (χ0v) is 10.7. The van der Waals surface area contributed by atoms with Gasteiger partial charge in [0.2, 0.25) is 0 Å². The third kappa shape index (κ3) is 2.33. The molecule has 0 spiro atoms. The monoisotopic (exact) mass is 245 g/mol. The van der Waals surface area contributed by atoms with Crippen molar-refractivity contribution in [2.24, 2.45) is 5.92 Å². The summed E-state index contributed by atoms with van der Waals surface area (Å²) in [6, 6.07) is 8.64. The maximum Gasteiger partial charge on any atom is 0.166 e. The second kappa shape index (κ2) is 4.82. The number of carbonyl (C=O) groups is 1. The fourth-order valence-corrected chi connectivity index (χ4v) is 3.01. The summed E-state index contributed by atoms with van der Waals surface area (Å²) in [6.07, 6.45) is 1.81. The molecule has 2 atom stereocenters. The van der Waals surface area contributed by atoms with Crippen LogP contribution in [0.25, 0.3) is 0 Å². The molecule has 2 bridgehead atoms. The number of hydrogen-bond acceptors (Lipinski definition) is 3. The minimum absolute atomic E-state index is 0.160. The van der Waals surface area contributed by atoms with Gasteiger partial charge in [-0.05, 0) is 19.8 Å². The number of aryl methyl sites for hydroxylation is 1. The molecule has 96 valence electrons. The van der Waals surface area contributed by atoms with Crippen LogP contribution in [0, 0.1) is 12.8 Å². The molecule has 2 heterocycles. The molecule has 2 saturated heterocycles. The van der Waals surface area contributed by atoms with Crippen LogP contribution >= 0.6 is 0 Å². The van der Waals surface area contributed by atoms with E-state index in [1.54, 1.807) is 0 Å². The lowest BCUT2D eigenvalue weighted by Crippen LogP contribution is -2.55. The van der Waals surface area contributed by atoms with E-state index in [4.69, 9.17) is 4.74 Å². The zero-order chi connectivity index (χ0) is 12.5. The van der Waals surface area contributed by atoms with Crippen molar-refractivity contribution in [1.29, 1.82) is 0 Å². The van der Waals surface area contributed by atoms with Crippen molar-refractivity contribution < 1.29 is 9.53 Å². The Balaban J connectivity index is 1.74. The Bertz CT molecular complexity index is 428. The van der Waals surface area contributed by atoms with E-state index >= 15 is 0 Å². The number of fused-ring (bicyclic) bond motifs is 2. The summed E-state index contributed by atoms with van der Waals surface area (Å²) in [4.78, 5) is 12.5. The summed E-state index contributed by atoms with van der Waals surface area (Å²) in [5.74, 6) is 0.459. The van der Waals surface area contributed by atoms with Gasteiger partial charge in [0.15, 0.2) is 5.78 Å². The second-order valence-corrected chi connectivity index (χ2v) is 5.50. The molecular weight excluding hydrogens is 226 g/mol. The van der Waals surface area contributed by atoms with Crippen LogP contribution in [-0.2, 0) is 4.74 Å². The first kappa shape index (κ1) is 11.9. The summed E-state index contributed by atoms with van der Waals surface area (Å²) in [6.45, 7) is 3.53. The molecule has 3 heteroatoms. The fourth-order valence-electron chi connectivity index (χ4n) is 3.01. The van der Waals surface area contributed by atoms with Crippen molar-refractivity contribution in [3.05, 3.63) is 35.4 Å². The SMILES string of the molecule is Cc1ccc(C(=O)C2CC3COCC(C2)N3)cc1. The first-order valence-electron chi connectivity index (χ1n) is 6.67. The number of nitrogens with one attached hydrogen (secondary N) is 1. The van der Waals surface area contributed by atoms with E-state index < -0.39 is 0 Å². The summed E-state index contributed by atoms with van der Waals surface area (Å²) in [7, 11) is 0. The third-order valence-electron chi connectivity index (χ3n) is 3.95. The molecule has 0 aliphatic carbocycles. The third-order valence-corrected chi connectivity index (χ3v) is 3.95. The molecule has 2 unspecified atom stereocenters. The molecular formula is C15H19NO2. The Morgan fingerprint density at radius 2 is 1.78 bits per heavy atom. The number of rotatable bonds is 2. The molecule has 0 saturated carbocycles. The highest BCUT2D eigenvalue weighted by Gasteiger charge is 2.35.